The largest absolute Gasteiger partial charge is 0.360 e. The second-order valence-corrected chi connectivity index (χ2v) is 7.21. The van der Waals surface area contributed by atoms with E-state index in [2.05, 4.69) is 10.2 Å². The summed E-state index contributed by atoms with van der Waals surface area (Å²) in [6.07, 6.45) is 0. The smallest absolute Gasteiger partial charge is 0.289 e. The molecule has 1 heterocycles. The summed E-state index contributed by atoms with van der Waals surface area (Å²) in [7, 11) is 0. The third-order valence-corrected chi connectivity index (χ3v) is 5.04. The number of halogens is 2. The molecule has 27 heavy (non-hydrogen) atoms. The van der Waals surface area contributed by atoms with E-state index in [9.17, 15) is 14.9 Å². The zero-order valence-electron chi connectivity index (χ0n) is 14.5. The molecule has 2 N–H and O–H groups in total. The van der Waals surface area contributed by atoms with Gasteiger partial charge in [0.25, 0.3) is 11.6 Å². The standard InChI is InChI=1S/C18H18Cl2N4O3/c19-13-2-1-3-15(10-13)23-8-6-22(7-9-23)12-18(25)21-14-4-5-16(20)17(11-14)24(26)27/h1-5,10-11H,6-9,12H2,(H,21,25)/p+1. The maximum absolute atomic E-state index is 12.3. The van der Waals surface area contributed by atoms with Gasteiger partial charge >= 0.3 is 0 Å². The summed E-state index contributed by atoms with van der Waals surface area (Å²) in [5, 5.41) is 14.4. The summed E-state index contributed by atoms with van der Waals surface area (Å²) in [6.45, 7) is 3.60. The van der Waals surface area contributed by atoms with Crippen molar-refractivity contribution >= 4 is 46.2 Å². The Bertz CT molecular complexity index is 854. The minimum atomic E-state index is -0.571. The van der Waals surface area contributed by atoms with E-state index in [1.807, 2.05) is 24.3 Å². The minimum absolute atomic E-state index is 0.0424. The van der Waals surface area contributed by atoms with Crippen molar-refractivity contribution in [3.05, 3.63) is 62.6 Å². The molecular formula is C18H19Cl2N4O3+. The molecule has 0 atom stereocenters. The van der Waals surface area contributed by atoms with Gasteiger partial charge in [0.05, 0.1) is 31.1 Å². The number of quaternary nitrogens is 1. The fourth-order valence-corrected chi connectivity index (χ4v) is 3.46. The first-order valence-corrected chi connectivity index (χ1v) is 9.26. The van der Waals surface area contributed by atoms with E-state index in [1.165, 1.54) is 12.1 Å². The topological polar surface area (TPSA) is 79.9 Å². The number of hydrogen-bond donors (Lipinski definition) is 2. The van der Waals surface area contributed by atoms with Crippen LogP contribution in [0.4, 0.5) is 17.1 Å². The molecule has 2 aromatic carbocycles. The highest BCUT2D eigenvalue weighted by Crippen LogP contribution is 2.27. The van der Waals surface area contributed by atoms with E-state index >= 15 is 0 Å². The fourth-order valence-electron chi connectivity index (χ4n) is 3.09. The van der Waals surface area contributed by atoms with Crippen LogP contribution in [0.1, 0.15) is 0 Å². The number of benzene rings is 2. The Balaban J connectivity index is 1.52. The molecule has 0 unspecified atom stereocenters. The molecular weight excluding hydrogens is 391 g/mol. The number of amides is 1. The Labute approximate surface area is 166 Å². The highest BCUT2D eigenvalue weighted by atomic mass is 35.5. The number of nitrogens with zero attached hydrogens (tertiary/aromatic N) is 2. The number of piperazine rings is 1. The van der Waals surface area contributed by atoms with Crippen molar-refractivity contribution in [2.45, 2.75) is 0 Å². The van der Waals surface area contributed by atoms with Gasteiger partial charge in [-0.3, -0.25) is 14.9 Å². The van der Waals surface area contributed by atoms with E-state index in [0.717, 1.165) is 36.8 Å². The van der Waals surface area contributed by atoms with Gasteiger partial charge in [-0.15, -0.1) is 0 Å². The van der Waals surface area contributed by atoms with Gasteiger partial charge in [0, 0.05) is 22.5 Å². The van der Waals surface area contributed by atoms with Gasteiger partial charge in [0.1, 0.15) is 5.02 Å². The molecule has 3 rings (SSSR count). The number of carbonyl (C=O) groups excluding carboxylic acids is 1. The highest BCUT2D eigenvalue weighted by molar-refractivity contribution is 6.32. The third kappa shape index (κ3) is 5.09. The first kappa shape index (κ1) is 19.4. The molecule has 1 saturated heterocycles. The van der Waals surface area contributed by atoms with Crippen LogP contribution in [0.25, 0.3) is 0 Å². The molecule has 1 aliphatic heterocycles. The Kier molecular flexibility index (Phi) is 6.15. The van der Waals surface area contributed by atoms with Gasteiger partial charge in [0.15, 0.2) is 6.54 Å². The Morgan fingerprint density at radius 2 is 1.93 bits per heavy atom. The van der Waals surface area contributed by atoms with Crippen LogP contribution in [0.3, 0.4) is 0 Å². The monoisotopic (exact) mass is 409 g/mol. The lowest BCUT2D eigenvalue weighted by Crippen LogP contribution is -3.15. The number of anilines is 2. The van der Waals surface area contributed by atoms with Gasteiger partial charge < -0.3 is 15.1 Å². The van der Waals surface area contributed by atoms with Gasteiger partial charge in [-0.05, 0) is 30.3 Å². The van der Waals surface area contributed by atoms with E-state index < -0.39 is 4.92 Å². The maximum atomic E-state index is 12.3. The summed E-state index contributed by atoms with van der Waals surface area (Å²) in [4.78, 5) is 26.0. The molecule has 9 heteroatoms. The zero-order valence-corrected chi connectivity index (χ0v) is 16.0. The average molecular weight is 410 g/mol. The summed E-state index contributed by atoms with van der Waals surface area (Å²) in [5.41, 5.74) is 1.23. The van der Waals surface area contributed by atoms with Gasteiger partial charge in [0.2, 0.25) is 0 Å². The normalized spacial score (nSPS) is 14.8. The first-order valence-electron chi connectivity index (χ1n) is 8.50. The van der Waals surface area contributed by atoms with Crippen LogP contribution in [0.5, 0.6) is 0 Å². The molecule has 0 spiro atoms. The molecule has 0 aromatic heterocycles. The van der Waals surface area contributed by atoms with Crippen LogP contribution in [-0.4, -0.2) is 43.6 Å². The predicted octanol–water partition coefficient (Wildman–Crippen LogP) is 2.25. The lowest BCUT2D eigenvalue weighted by molar-refractivity contribution is -0.892. The molecule has 1 aliphatic rings. The van der Waals surface area contributed by atoms with Gasteiger partial charge in [-0.1, -0.05) is 29.3 Å². The number of nitrogens with one attached hydrogen (secondary N) is 2. The average Bonchev–Trinajstić information content (AvgIpc) is 2.63. The molecule has 0 aliphatic carbocycles. The quantitative estimate of drug-likeness (QED) is 0.586. The van der Waals surface area contributed by atoms with Crippen molar-refractivity contribution in [1.82, 2.24) is 0 Å². The number of rotatable bonds is 5. The van der Waals surface area contributed by atoms with Crippen LogP contribution in [-0.2, 0) is 4.79 Å². The first-order chi connectivity index (χ1) is 12.9. The maximum Gasteiger partial charge on any atom is 0.289 e. The fraction of sp³-hybridized carbons (Fsp3) is 0.278. The lowest BCUT2D eigenvalue weighted by atomic mass is 10.2. The van der Waals surface area contributed by atoms with Crippen LogP contribution in [0, 0.1) is 10.1 Å². The Hall–Kier alpha value is -2.35. The summed E-state index contributed by atoms with van der Waals surface area (Å²) >= 11 is 11.8. The molecule has 0 bridgehead atoms. The summed E-state index contributed by atoms with van der Waals surface area (Å²) in [5.74, 6) is -0.183. The second kappa shape index (κ2) is 8.56. The van der Waals surface area contributed by atoms with Crippen molar-refractivity contribution in [1.29, 1.82) is 0 Å². The van der Waals surface area contributed by atoms with E-state index in [4.69, 9.17) is 23.2 Å². The van der Waals surface area contributed by atoms with Crippen molar-refractivity contribution in [3.63, 3.8) is 0 Å². The van der Waals surface area contributed by atoms with Crippen LogP contribution in [0.15, 0.2) is 42.5 Å². The van der Waals surface area contributed by atoms with E-state index in [0.29, 0.717) is 17.3 Å². The van der Waals surface area contributed by atoms with Crippen molar-refractivity contribution in [2.24, 2.45) is 0 Å². The molecule has 1 fully saturated rings. The number of carbonyl (C=O) groups is 1. The highest BCUT2D eigenvalue weighted by Gasteiger charge is 2.23. The SMILES string of the molecule is O=C(C[NH+]1CCN(c2cccc(Cl)c2)CC1)Nc1ccc(Cl)c([N+](=O)[O-])c1. The van der Waals surface area contributed by atoms with Crippen molar-refractivity contribution in [2.75, 3.05) is 42.9 Å². The molecule has 2 aromatic rings. The molecule has 0 radical (unpaired) electrons. The van der Waals surface area contributed by atoms with Crippen LogP contribution in [0.2, 0.25) is 10.0 Å². The second-order valence-electron chi connectivity index (χ2n) is 6.37. The molecule has 142 valence electrons. The lowest BCUT2D eigenvalue weighted by Gasteiger charge is -2.33. The predicted molar refractivity (Wildman–Crippen MR) is 106 cm³/mol. The van der Waals surface area contributed by atoms with Gasteiger partial charge in [-0.25, -0.2) is 0 Å². The third-order valence-electron chi connectivity index (χ3n) is 4.48. The molecule has 1 amide bonds. The Morgan fingerprint density at radius 3 is 2.59 bits per heavy atom. The Morgan fingerprint density at radius 1 is 1.19 bits per heavy atom. The minimum Gasteiger partial charge on any atom is -0.360 e. The number of nitro groups is 1. The molecule has 0 saturated carbocycles. The number of hydrogen-bond acceptors (Lipinski definition) is 4. The zero-order chi connectivity index (χ0) is 19.4. The van der Waals surface area contributed by atoms with Crippen LogP contribution >= 0.6 is 23.2 Å². The van der Waals surface area contributed by atoms with E-state index in [1.54, 1.807) is 6.07 Å². The molecule has 7 nitrogen and oxygen atoms in total. The van der Waals surface area contributed by atoms with Crippen molar-refractivity contribution < 1.29 is 14.6 Å². The van der Waals surface area contributed by atoms with Crippen LogP contribution < -0.4 is 15.1 Å². The van der Waals surface area contributed by atoms with E-state index in [-0.39, 0.29) is 16.6 Å². The van der Waals surface area contributed by atoms with Crippen molar-refractivity contribution in [3.8, 4) is 0 Å². The summed E-state index contributed by atoms with van der Waals surface area (Å²) in [6, 6.07) is 12.0. The van der Waals surface area contributed by atoms with Gasteiger partial charge in [-0.2, -0.15) is 0 Å². The number of nitro benzene ring substituents is 1. The summed E-state index contributed by atoms with van der Waals surface area (Å²) < 4.78 is 0.